The largest absolute Gasteiger partial charge is 3.00 e. The molecule has 397 valence electrons. The van der Waals surface area contributed by atoms with E-state index in [1.165, 1.54) is 26.5 Å². The Balaban J connectivity index is 0.0000449. The first kappa shape index (κ1) is 65.2. The number of nitrogens with zero attached hydrogens (tertiary/aromatic N) is 5. The summed E-state index contributed by atoms with van der Waals surface area (Å²) in [5.74, 6) is -63.8. The first-order chi connectivity index (χ1) is 30.4. The quantitative estimate of drug-likeness (QED) is 0.0850. The van der Waals surface area contributed by atoms with E-state index >= 15 is 0 Å². The molecule has 1 saturated heterocycles. The van der Waals surface area contributed by atoms with Crippen molar-refractivity contribution in [1.29, 1.82) is 0 Å². The standard InChI is InChI=1S/C34H47F17N6O10.Gd/c1-21(56-10-8-54(19-24(61)62)6-4-53(18-23(59)60)5-7-55(9-11-56)20-25(63)64)26(65)52-17-22(58)57(12-15-66-2)13-16-67-14-3-27(35,36)28(37,38)29(39,40)30(41,42)31(43,44)32(45,46)33(47,48)34(49,50)51;/h21H,3-20H2,1-2H3,(H,52,65)(H,59,60)(H,61,62)(H,63,64);/q;+3/p-3. The summed E-state index contributed by atoms with van der Waals surface area (Å²) in [6, 6.07) is -1.16. The second-order valence-electron chi connectivity index (χ2n) is 14.8. The van der Waals surface area contributed by atoms with Crippen molar-refractivity contribution < 1.29 is 163 Å². The van der Waals surface area contributed by atoms with Crippen LogP contribution in [-0.2, 0) is 33.4 Å². The molecular formula is C34H44F17GdN6O10. The van der Waals surface area contributed by atoms with Gasteiger partial charge in [0.1, 0.15) is 0 Å². The molecule has 1 aliphatic rings. The van der Waals surface area contributed by atoms with Gasteiger partial charge < -0.3 is 49.4 Å². The number of hydrogen-bond acceptors (Lipinski definition) is 14. The molecule has 1 N–H and O–H groups in total. The maximum Gasteiger partial charge on any atom is 3.00 e. The molecule has 1 heterocycles. The van der Waals surface area contributed by atoms with Crippen LogP contribution < -0.4 is 20.6 Å². The Labute approximate surface area is 407 Å². The van der Waals surface area contributed by atoms with Gasteiger partial charge in [-0.2, -0.15) is 74.6 Å². The van der Waals surface area contributed by atoms with E-state index in [1.54, 1.807) is 0 Å². The van der Waals surface area contributed by atoms with Gasteiger partial charge in [-0.1, -0.05) is 0 Å². The summed E-state index contributed by atoms with van der Waals surface area (Å²) in [5.41, 5.74) is 0. The predicted molar refractivity (Wildman–Crippen MR) is 183 cm³/mol. The molecule has 0 aliphatic carbocycles. The van der Waals surface area contributed by atoms with Gasteiger partial charge in [0, 0.05) is 98.6 Å². The number of alkyl halides is 17. The first-order valence-electron chi connectivity index (χ1n) is 19.2. The van der Waals surface area contributed by atoms with Gasteiger partial charge in [0.2, 0.25) is 11.8 Å². The summed E-state index contributed by atoms with van der Waals surface area (Å²) in [4.78, 5) is 66.7. The SMILES string of the molecule is COCCN(CCOCCC(F)(F)C(F)(F)C(F)(F)C(F)(F)C(F)(F)C(F)(F)C(F)(F)C(F)(F)F)C(=O)CNC(=O)C(C)N1CCN(CC(=O)[O-])CCN(CC(=O)[O-])CCN(CC(=O)[O-])CC1.[Gd+3]. The zero-order valence-electron chi connectivity index (χ0n) is 35.4. The number of hydrogen-bond donors (Lipinski definition) is 1. The Kier molecular flexibility index (Phi) is 25.0. The van der Waals surface area contributed by atoms with Crippen molar-refractivity contribution >= 4 is 29.7 Å². The van der Waals surface area contributed by atoms with Gasteiger partial charge >= 0.3 is 87.6 Å². The van der Waals surface area contributed by atoms with Crippen molar-refractivity contribution in [1.82, 2.24) is 29.8 Å². The number of halogens is 17. The zero-order valence-corrected chi connectivity index (χ0v) is 37.7. The van der Waals surface area contributed by atoms with Gasteiger partial charge in [-0.25, -0.2) is 0 Å². The summed E-state index contributed by atoms with van der Waals surface area (Å²) in [6.45, 7) is -6.16. The minimum Gasteiger partial charge on any atom is -0.549 e. The van der Waals surface area contributed by atoms with Crippen LogP contribution >= 0.6 is 0 Å². The van der Waals surface area contributed by atoms with E-state index in [9.17, 15) is 114 Å². The van der Waals surface area contributed by atoms with E-state index < -0.39 is 142 Å². The number of aliphatic carboxylic acids is 3. The number of carboxylic acids is 3. The summed E-state index contributed by atoms with van der Waals surface area (Å²) < 4.78 is 240. The van der Waals surface area contributed by atoms with E-state index in [-0.39, 0.29) is 98.9 Å². The smallest absolute Gasteiger partial charge is 0.549 e. The molecule has 2 amide bonds. The van der Waals surface area contributed by atoms with Crippen LogP contribution in [0, 0.1) is 39.9 Å². The Morgan fingerprint density at radius 2 is 0.912 bits per heavy atom. The first-order valence-corrected chi connectivity index (χ1v) is 19.2. The molecule has 0 aromatic heterocycles. The molecule has 0 spiro atoms. The molecule has 0 saturated carbocycles. The Hall–Kier alpha value is -2.76. The Bertz CT molecular complexity index is 1640. The van der Waals surface area contributed by atoms with E-state index in [0.717, 1.165) is 12.0 Å². The average Bonchev–Trinajstić information content (AvgIpc) is 3.18. The molecule has 1 atom stereocenters. The monoisotopic (exact) mass is 1180 g/mol. The molecular weight excluding hydrogens is 1130 g/mol. The maximum atomic E-state index is 14.3. The third kappa shape index (κ3) is 16.4. The second-order valence-corrected chi connectivity index (χ2v) is 14.8. The van der Waals surface area contributed by atoms with Gasteiger partial charge in [-0.15, -0.1) is 0 Å². The molecule has 1 fully saturated rings. The van der Waals surface area contributed by atoms with Gasteiger partial charge in [-0.05, 0) is 6.92 Å². The minimum absolute atomic E-state index is 0. The topological polar surface area (TPSA) is 201 Å². The molecule has 1 aliphatic heterocycles. The number of amides is 2. The molecule has 68 heavy (non-hydrogen) atoms. The van der Waals surface area contributed by atoms with Crippen LogP contribution in [0.5, 0.6) is 0 Å². The zero-order chi connectivity index (χ0) is 52.2. The summed E-state index contributed by atoms with van der Waals surface area (Å²) in [6.07, 6.45) is -10.7. The average molecular weight is 1180 g/mol. The summed E-state index contributed by atoms with van der Waals surface area (Å²) in [7, 11) is 1.12. The molecule has 0 aromatic rings. The molecule has 0 bridgehead atoms. The van der Waals surface area contributed by atoms with Crippen LogP contribution in [0.25, 0.3) is 0 Å². The van der Waals surface area contributed by atoms with Crippen LogP contribution in [0.15, 0.2) is 0 Å². The normalized spacial score (nSPS) is 17.3. The van der Waals surface area contributed by atoms with Crippen LogP contribution in [0.2, 0.25) is 0 Å². The summed E-state index contributed by atoms with van der Waals surface area (Å²) >= 11 is 0. The van der Waals surface area contributed by atoms with Crippen molar-refractivity contribution in [2.24, 2.45) is 0 Å². The van der Waals surface area contributed by atoms with E-state index in [2.05, 4.69) is 10.1 Å². The number of methoxy groups -OCH3 is 1. The van der Waals surface area contributed by atoms with Crippen LogP contribution in [0.1, 0.15) is 13.3 Å². The number of rotatable bonds is 25. The van der Waals surface area contributed by atoms with Crippen molar-refractivity contribution in [2.75, 3.05) is 119 Å². The molecule has 0 aromatic carbocycles. The van der Waals surface area contributed by atoms with Gasteiger partial charge in [0.15, 0.2) is 0 Å². The van der Waals surface area contributed by atoms with E-state index in [4.69, 9.17) is 4.74 Å². The third-order valence-corrected chi connectivity index (χ3v) is 10.0. The fraction of sp³-hybridized carbons (Fsp3) is 0.853. The van der Waals surface area contributed by atoms with Gasteiger partial charge in [-0.3, -0.25) is 29.2 Å². The van der Waals surface area contributed by atoms with Crippen LogP contribution in [0.4, 0.5) is 74.6 Å². The molecule has 16 nitrogen and oxygen atoms in total. The number of carbonyl (C=O) groups is 5. The van der Waals surface area contributed by atoms with Crippen LogP contribution in [0.3, 0.4) is 0 Å². The van der Waals surface area contributed by atoms with Crippen molar-refractivity contribution in [3.8, 4) is 0 Å². The van der Waals surface area contributed by atoms with Crippen molar-refractivity contribution in [3.05, 3.63) is 0 Å². The van der Waals surface area contributed by atoms with Crippen LogP contribution in [-0.4, -0.2) is 226 Å². The number of ether oxygens (including phenoxy) is 2. The third-order valence-electron chi connectivity index (χ3n) is 10.0. The summed E-state index contributed by atoms with van der Waals surface area (Å²) in [5, 5.41) is 36.4. The van der Waals surface area contributed by atoms with Crippen molar-refractivity contribution in [3.63, 3.8) is 0 Å². The van der Waals surface area contributed by atoms with Gasteiger partial charge in [0.05, 0.1) is 50.3 Å². The molecule has 1 unspecified atom stereocenters. The maximum absolute atomic E-state index is 14.3. The Morgan fingerprint density at radius 1 is 0.559 bits per heavy atom. The number of nitrogens with one attached hydrogen (secondary N) is 1. The number of carbonyl (C=O) groups excluding carboxylic acids is 5. The second kappa shape index (κ2) is 26.1. The number of carboxylic acid groups (broad SMARTS) is 3. The Morgan fingerprint density at radius 3 is 1.28 bits per heavy atom. The fourth-order valence-corrected chi connectivity index (χ4v) is 5.94. The molecule has 1 radical (unpaired) electrons. The molecule has 34 heteroatoms. The molecule has 1 rings (SSSR count). The predicted octanol–water partition coefficient (Wildman–Crippen LogP) is -1.15. The van der Waals surface area contributed by atoms with Crippen molar-refractivity contribution in [2.45, 2.75) is 67.0 Å². The minimum atomic E-state index is -8.76. The van der Waals surface area contributed by atoms with E-state index in [1.807, 2.05) is 0 Å². The van der Waals surface area contributed by atoms with E-state index in [0.29, 0.717) is 0 Å². The van der Waals surface area contributed by atoms with Gasteiger partial charge in [0.25, 0.3) is 0 Å². The fourth-order valence-electron chi connectivity index (χ4n) is 5.94.